The van der Waals surface area contributed by atoms with Gasteiger partial charge in [0.05, 0.1) is 6.20 Å². The van der Waals surface area contributed by atoms with E-state index in [-0.39, 0.29) is 11.2 Å². The van der Waals surface area contributed by atoms with E-state index in [4.69, 9.17) is 22.1 Å². The van der Waals surface area contributed by atoms with Gasteiger partial charge in [-0.15, -0.1) is 0 Å². The number of anilines is 1. The molecule has 17 heavy (non-hydrogen) atoms. The van der Waals surface area contributed by atoms with E-state index in [9.17, 15) is 0 Å². The van der Waals surface area contributed by atoms with Gasteiger partial charge in [-0.25, -0.2) is 4.98 Å². The first kappa shape index (κ1) is 11.7. The molecule has 0 spiro atoms. The molecule has 0 aliphatic carbocycles. The fraction of sp³-hybridized carbons (Fsp3) is 0.167. The SMILES string of the molecule is Cc1ccc(Oc2nc(Cl)ncc2N)cc1C. The lowest BCUT2D eigenvalue weighted by Crippen LogP contribution is -1.97. The number of nitrogens with two attached hydrogens (primary N) is 1. The standard InChI is InChI=1S/C12H12ClN3O/c1-7-3-4-9(5-8(7)2)17-11-10(14)6-15-12(13)16-11/h3-6H,14H2,1-2H3. The molecule has 2 rings (SSSR count). The monoisotopic (exact) mass is 249 g/mol. The summed E-state index contributed by atoms with van der Waals surface area (Å²) >= 11 is 5.68. The molecule has 0 radical (unpaired) electrons. The predicted molar refractivity (Wildman–Crippen MR) is 67.4 cm³/mol. The minimum atomic E-state index is 0.109. The lowest BCUT2D eigenvalue weighted by Gasteiger charge is -2.08. The van der Waals surface area contributed by atoms with Crippen LogP contribution in [0.1, 0.15) is 11.1 Å². The molecule has 1 heterocycles. The Bertz CT molecular complexity index is 557. The second-order valence-corrected chi connectivity index (χ2v) is 4.09. The van der Waals surface area contributed by atoms with E-state index in [1.807, 2.05) is 32.0 Å². The molecule has 2 aromatic rings. The van der Waals surface area contributed by atoms with Gasteiger partial charge in [-0.3, -0.25) is 0 Å². The Kier molecular flexibility index (Phi) is 3.15. The number of aromatic nitrogens is 2. The molecule has 0 aliphatic rings. The summed E-state index contributed by atoms with van der Waals surface area (Å²) in [7, 11) is 0. The van der Waals surface area contributed by atoms with E-state index in [1.54, 1.807) is 0 Å². The average molecular weight is 250 g/mol. The number of nitrogens with zero attached hydrogens (tertiary/aromatic N) is 2. The summed E-state index contributed by atoms with van der Waals surface area (Å²) in [6, 6.07) is 5.76. The van der Waals surface area contributed by atoms with E-state index in [2.05, 4.69) is 9.97 Å². The lowest BCUT2D eigenvalue weighted by molar-refractivity contribution is 0.464. The highest BCUT2D eigenvalue weighted by atomic mass is 35.5. The van der Waals surface area contributed by atoms with Crippen LogP contribution in [0.15, 0.2) is 24.4 Å². The van der Waals surface area contributed by atoms with Gasteiger partial charge in [-0.1, -0.05) is 6.07 Å². The fourth-order valence-corrected chi connectivity index (χ4v) is 1.45. The van der Waals surface area contributed by atoms with Crippen LogP contribution in [0.5, 0.6) is 11.6 Å². The van der Waals surface area contributed by atoms with Crippen LogP contribution in [0.2, 0.25) is 5.28 Å². The van der Waals surface area contributed by atoms with E-state index >= 15 is 0 Å². The fourth-order valence-electron chi connectivity index (χ4n) is 1.33. The van der Waals surface area contributed by atoms with Gasteiger partial charge in [0, 0.05) is 0 Å². The Morgan fingerprint density at radius 2 is 2.00 bits per heavy atom. The Morgan fingerprint density at radius 1 is 1.24 bits per heavy atom. The van der Waals surface area contributed by atoms with Crippen molar-refractivity contribution in [3.05, 3.63) is 40.8 Å². The van der Waals surface area contributed by atoms with Crippen LogP contribution in [0.4, 0.5) is 5.69 Å². The van der Waals surface area contributed by atoms with Crippen LogP contribution in [0.25, 0.3) is 0 Å². The highest BCUT2D eigenvalue weighted by Crippen LogP contribution is 2.26. The smallest absolute Gasteiger partial charge is 0.247 e. The third-order valence-electron chi connectivity index (χ3n) is 2.44. The van der Waals surface area contributed by atoms with E-state index in [1.165, 1.54) is 11.8 Å². The second-order valence-electron chi connectivity index (χ2n) is 3.75. The zero-order valence-corrected chi connectivity index (χ0v) is 10.3. The molecule has 0 saturated carbocycles. The van der Waals surface area contributed by atoms with Crippen molar-refractivity contribution in [2.75, 3.05) is 5.73 Å². The normalized spacial score (nSPS) is 10.3. The molecule has 1 aromatic heterocycles. The quantitative estimate of drug-likeness (QED) is 0.831. The molecule has 2 N–H and O–H groups in total. The van der Waals surface area contributed by atoms with Gasteiger partial charge in [0.2, 0.25) is 11.2 Å². The lowest BCUT2D eigenvalue weighted by atomic mass is 10.1. The first-order chi connectivity index (χ1) is 8.06. The van der Waals surface area contributed by atoms with Crippen molar-refractivity contribution >= 4 is 17.3 Å². The third kappa shape index (κ3) is 2.65. The molecule has 0 bridgehead atoms. The molecule has 0 amide bonds. The molecule has 5 heteroatoms. The summed E-state index contributed by atoms with van der Waals surface area (Å²) in [4.78, 5) is 7.69. The summed E-state index contributed by atoms with van der Waals surface area (Å²) in [5.41, 5.74) is 8.39. The highest BCUT2D eigenvalue weighted by Gasteiger charge is 2.06. The number of hydrogen-bond donors (Lipinski definition) is 1. The largest absolute Gasteiger partial charge is 0.437 e. The third-order valence-corrected chi connectivity index (χ3v) is 2.63. The zero-order valence-electron chi connectivity index (χ0n) is 9.57. The van der Waals surface area contributed by atoms with Gasteiger partial charge in [0.15, 0.2) is 0 Å². The van der Waals surface area contributed by atoms with Crippen LogP contribution < -0.4 is 10.5 Å². The Labute approximate surface area is 104 Å². The van der Waals surface area contributed by atoms with Crippen molar-refractivity contribution in [1.29, 1.82) is 0 Å². The first-order valence-corrected chi connectivity index (χ1v) is 5.47. The van der Waals surface area contributed by atoms with E-state index in [0.717, 1.165) is 5.56 Å². The molecule has 1 aromatic carbocycles. The minimum absolute atomic E-state index is 0.109. The van der Waals surface area contributed by atoms with Gasteiger partial charge in [-0.05, 0) is 48.7 Å². The van der Waals surface area contributed by atoms with E-state index < -0.39 is 0 Å². The summed E-state index contributed by atoms with van der Waals surface area (Å²) in [5, 5.41) is 0.109. The number of benzene rings is 1. The molecular weight excluding hydrogens is 238 g/mol. The second kappa shape index (κ2) is 4.59. The van der Waals surface area contributed by atoms with Gasteiger partial charge >= 0.3 is 0 Å². The maximum atomic E-state index is 5.70. The van der Waals surface area contributed by atoms with Crippen molar-refractivity contribution in [2.45, 2.75) is 13.8 Å². The number of nitrogen functional groups attached to an aromatic ring is 1. The van der Waals surface area contributed by atoms with Crippen molar-refractivity contribution in [3.63, 3.8) is 0 Å². The van der Waals surface area contributed by atoms with Gasteiger partial charge in [-0.2, -0.15) is 4.98 Å². The van der Waals surface area contributed by atoms with Crippen molar-refractivity contribution in [2.24, 2.45) is 0 Å². The molecular formula is C12H12ClN3O. The Hall–Kier alpha value is -1.81. The van der Waals surface area contributed by atoms with Gasteiger partial charge in [0.1, 0.15) is 11.4 Å². The van der Waals surface area contributed by atoms with Crippen LogP contribution in [0.3, 0.4) is 0 Å². The summed E-state index contributed by atoms with van der Waals surface area (Å²) in [5.74, 6) is 0.947. The summed E-state index contributed by atoms with van der Waals surface area (Å²) < 4.78 is 5.57. The van der Waals surface area contributed by atoms with Gasteiger partial charge in [0.25, 0.3) is 0 Å². The molecule has 0 unspecified atom stereocenters. The first-order valence-electron chi connectivity index (χ1n) is 5.09. The summed E-state index contributed by atoms with van der Waals surface area (Å²) in [6.45, 7) is 4.05. The minimum Gasteiger partial charge on any atom is -0.437 e. The number of halogens is 1. The number of aryl methyl sites for hydroxylation is 2. The van der Waals surface area contributed by atoms with Crippen LogP contribution in [-0.2, 0) is 0 Å². The van der Waals surface area contributed by atoms with E-state index in [0.29, 0.717) is 11.4 Å². The van der Waals surface area contributed by atoms with Crippen molar-refractivity contribution in [3.8, 4) is 11.6 Å². The summed E-state index contributed by atoms with van der Waals surface area (Å²) in [6.07, 6.45) is 1.42. The zero-order chi connectivity index (χ0) is 12.4. The number of rotatable bonds is 2. The predicted octanol–water partition coefficient (Wildman–Crippen LogP) is 3.12. The molecule has 0 atom stereocenters. The topological polar surface area (TPSA) is 61.0 Å². The molecule has 0 fully saturated rings. The molecule has 88 valence electrons. The number of ether oxygens (including phenoxy) is 1. The maximum Gasteiger partial charge on any atom is 0.247 e. The maximum absolute atomic E-state index is 5.70. The molecule has 4 nitrogen and oxygen atoms in total. The van der Waals surface area contributed by atoms with Crippen molar-refractivity contribution in [1.82, 2.24) is 9.97 Å². The van der Waals surface area contributed by atoms with Gasteiger partial charge < -0.3 is 10.5 Å². The number of hydrogen-bond acceptors (Lipinski definition) is 4. The Morgan fingerprint density at radius 3 is 2.71 bits per heavy atom. The molecule has 0 aliphatic heterocycles. The van der Waals surface area contributed by atoms with Crippen LogP contribution in [0, 0.1) is 13.8 Å². The molecule has 0 saturated heterocycles. The Balaban J connectivity index is 2.31. The van der Waals surface area contributed by atoms with Crippen LogP contribution >= 0.6 is 11.6 Å². The van der Waals surface area contributed by atoms with Crippen LogP contribution in [-0.4, -0.2) is 9.97 Å². The van der Waals surface area contributed by atoms with Crippen molar-refractivity contribution < 1.29 is 4.74 Å². The average Bonchev–Trinajstić information content (AvgIpc) is 2.29. The highest BCUT2D eigenvalue weighted by molar-refractivity contribution is 6.28.